The van der Waals surface area contributed by atoms with Gasteiger partial charge in [-0.05, 0) is 46.0 Å². The van der Waals surface area contributed by atoms with E-state index in [1.54, 1.807) is 23.6 Å². The van der Waals surface area contributed by atoms with Crippen LogP contribution >= 0.6 is 11.8 Å². The van der Waals surface area contributed by atoms with Crippen molar-refractivity contribution < 1.29 is 24.2 Å². The highest BCUT2D eigenvalue weighted by atomic mass is 32.2. The van der Waals surface area contributed by atoms with Gasteiger partial charge in [0.15, 0.2) is 0 Å². The lowest BCUT2D eigenvalue weighted by molar-refractivity contribution is -0.155. The molecule has 0 saturated carbocycles. The molecule has 3 rings (SSSR count). The number of nitrogens with zero attached hydrogens (tertiary/aromatic N) is 1. The Hall–Kier alpha value is -1.28. The Labute approximate surface area is 177 Å². The van der Waals surface area contributed by atoms with Gasteiger partial charge in [0.25, 0.3) is 0 Å². The SMILES string of the molecule is CCCCNC(=O)C1N(CCCCO)C(=O)[C@@H]2[C@H](C(=O)OCC)[C@]3(C)CCC12S3. The fourth-order valence-electron chi connectivity index (χ4n) is 5.44. The lowest BCUT2D eigenvalue weighted by atomic mass is 9.66. The van der Waals surface area contributed by atoms with Crippen molar-refractivity contribution in [1.29, 1.82) is 0 Å². The summed E-state index contributed by atoms with van der Waals surface area (Å²) in [6.07, 6.45) is 4.64. The van der Waals surface area contributed by atoms with Gasteiger partial charge in [-0.3, -0.25) is 14.4 Å². The molecule has 0 radical (unpaired) electrons. The predicted octanol–water partition coefficient (Wildman–Crippen LogP) is 1.72. The largest absolute Gasteiger partial charge is 0.466 e. The molecule has 3 saturated heterocycles. The van der Waals surface area contributed by atoms with E-state index in [4.69, 9.17) is 9.84 Å². The lowest BCUT2D eigenvalue weighted by Gasteiger charge is -2.34. The van der Waals surface area contributed by atoms with Crippen LogP contribution in [0.25, 0.3) is 0 Å². The summed E-state index contributed by atoms with van der Waals surface area (Å²) in [4.78, 5) is 41.3. The molecule has 164 valence electrons. The van der Waals surface area contributed by atoms with Crippen molar-refractivity contribution in [3.05, 3.63) is 0 Å². The van der Waals surface area contributed by atoms with E-state index in [1.165, 1.54) is 0 Å². The van der Waals surface area contributed by atoms with Crippen molar-refractivity contribution in [2.75, 3.05) is 26.3 Å². The minimum absolute atomic E-state index is 0.0578. The number of unbranched alkanes of at least 4 members (excludes halogenated alkanes) is 2. The van der Waals surface area contributed by atoms with Gasteiger partial charge in [0.1, 0.15) is 6.04 Å². The molecule has 29 heavy (non-hydrogen) atoms. The fraction of sp³-hybridized carbons (Fsp3) is 0.857. The van der Waals surface area contributed by atoms with Crippen LogP contribution in [0.3, 0.4) is 0 Å². The van der Waals surface area contributed by atoms with Crippen LogP contribution < -0.4 is 5.32 Å². The third kappa shape index (κ3) is 3.67. The molecule has 0 aromatic heterocycles. The maximum absolute atomic E-state index is 13.5. The molecule has 0 aromatic carbocycles. The number of aliphatic hydroxyl groups excluding tert-OH is 1. The van der Waals surface area contributed by atoms with Crippen LogP contribution in [-0.4, -0.2) is 69.6 Å². The number of carbonyl (C=O) groups is 3. The molecule has 5 atom stereocenters. The molecular weight excluding hydrogens is 392 g/mol. The van der Waals surface area contributed by atoms with Gasteiger partial charge < -0.3 is 20.1 Å². The fourth-order valence-corrected chi connectivity index (χ4v) is 7.78. The summed E-state index contributed by atoms with van der Waals surface area (Å²) < 4.78 is 4.41. The van der Waals surface area contributed by atoms with E-state index < -0.39 is 22.6 Å². The van der Waals surface area contributed by atoms with E-state index in [1.807, 2.05) is 6.92 Å². The second-order valence-electron chi connectivity index (χ2n) is 8.59. The number of rotatable bonds is 10. The quantitative estimate of drug-likeness (QED) is 0.408. The Kier molecular flexibility index (Phi) is 6.83. The van der Waals surface area contributed by atoms with Crippen LogP contribution in [-0.2, 0) is 19.1 Å². The number of thioether (sulfide) groups is 1. The zero-order valence-corrected chi connectivity index (χ0v) is 18.6. The number of hydrogen-bond acceptors (Lipinski definition) is 6. The van der Waals surface area contributed by atoms with Crippen molar-refractivity contribution in [3.8, 4) is 0 Å². The molecule has 8 heteroatoms. The van der Waals surface area contributed by atoms with Gasteiger partial charge in [0, 0.05) is 24.4 Å². The van der Waals surface area contributed by atoms with Crippen molar-refractivity contribution in [2.45, 2.75) is 74.8 Å². The Balaban J connectivity index is 1.93. The van der Waals surface area contributed by atoms with Crippen LogP contribution in [0.1, 0.15) is 59.3 Å². The molecule has 2 amide bonds. The van der Waals surface area contributed by atoms with Gasteiger partial charge in [-0.1, -0.05) is 13.3 Å². The number of hydrogen-bond donors (Lipinski definition) is 2. The first kappa shape index (κ1) is 22.4. The summed E-state index contributed by atoms with van der Waals surface area (Å²) in [6.45, 7) is 7.25. The van der Waals surface area contributed by atoms with Crippen LogP contribution in [0, 0.1) is 11.8 Å². The molecule has 2 bridgehead atoms. The van der Waals surface area contributed by atoms with Gasteiger partial charge in [-0.15, -0.1) is 11.8 Å². The molecule has 2 unspecified atom stereocenters. The normalized spacial score (nSPS) is 35.1. The summed E-state index contributed by atoms with van der Waals surface area (Å²) in [6, 6.07) is -0.568. The van der Waals surface area contributed by atoms with Crippen LogP contribution in [0.4, 0.5) is 0 Å². The van der Waals surface area contributed by atoms with E-state index in [0.29, 0.717) is 25.9 Å². The van der Waals surface area contributed by atoms with Gasteiger partial charge in [-0.2, -0.15) is 0 Å². The number of esters is 1. The second kappa shape index (κ2) is 8.84. The number of carbonyl (C=O) groups excluding carboxylic acids is 3. The van der Waals surface area contributed by atoms with Crippen LogP contribution in [0.5, 0.6) is 0 Å². The maximum Gasteiger partial charge on any atom is 0.311 e. The highest BCUT2D eigenvalue weighted by Gasteiger charge is 2.77. The summed E-state index contributed by atoms with van der Waals surface area (Å²) in [7, 11) is 0. The van der Waals surface area contributed by atoms with E-state index in [0.717, 1.165) is 25.7 Å². The maximum atomic E-state index is 13.5. The Morgan fingerprint density at radius 2 is 2.03 bits per heavy atom. The van der Waals surface area contributed by atoms with Crippen molar-refractivity contribution in [2.24, 2.45) is 11.8 Å². The zero-order valence-electron chi connectivity index (χ0n) is 17.7. The molecule has 0 aromatic rings. The summed E-state index contributed by atoms with van der Waals surface area (Å²) in [5.74, 6) is -1.55. The van der Waals surface area contributed by atoms with Crippen LogP contribution in [0.2, 0.25) is 0 Å². The highest BCUT2D eigenvalue weighted by Crippen LogP contribution is 2.71. The molecule has 3 aliphatic rings. The number of amides is 2. The molecule has 2 N–H and O–H groups in total. The number of likely N-dealkylation sites (tertiary alicyclic amines) is 1. The van der Waals surface area contributed by atoms with Crippen molar-refractivity contribution >= 4 is 29.5 Å². The summed E-state index contributed by atoms with van der Waals surface area (Å²) in [5, 5.41) is 12.2. The predicted molar refractivity (Wildman–Crippen MR) is 111 cm³/mol. The molecule has 7 nitrogen and oxygen atoms in total. The minimum Gasteiger partial charge on any atom is -0.466 e. The Morgan fingerprint density at radius 3 is 2.69 bits per heavy atom. The smallest absolute Gasteiger partial charge is 0.311 e. The van der Waals surface area contributed by atoms with Gasteiger partial charge in [0.2, 0.25) is 11.8 Å². The minimum atomic E-state index is -0.571. The first-order valence-electron chi connectivity index (χ1n) is 10.9. The number of ether oxygens (including phenoxy) is 1. The van der Waals surface area contributed by atoms with E-state index in [2.05, 4.69) is 12.2 Å². The van der Waals surface area contributed by atoms with Crippen LogP contribution in [0.15, 0.2) is 0 Å². The highest BCUT2D eigenvalue weighted by molar-refractivity contribution is 8.02. The lowest BCUT2D eigenvalue weighted by Crippen LogP contribution is -2.53. The van der Waals surface area contributed by atoms with E-state index in [9.17, 15) is 14.4 Å². The first-order valence-corrected chi connectivity index (χ1v) is 11.7. The number of nitrogens with one attached hydrogen (secondary N) is 1. The summed E-state index contributed by atoms with van der Waals surface area (Å²) >= 11 is 1.66. The average molecular weight is 427 g/mol. The standard InChI is InChI=1S/C21H34N2O5S/c1-4-6-11-22-17(25)16-21-10-9-20(3,29-21)15(19(27)28-5-2)14(21)18(26)23(16)12-7-8-13-24/h14-16,24H,4-13H2,1-3H3,(H,22,25)/t14-,15+,16?,20-,21?/m0/s1. The zero-order chi connectivity index (χ0) is 21.2. The Bertz CT molecular complexity index is 659. The molecule has 3 aliphatic heterocycles. The topological polar surface area (TPSA) is 95.9 Å². The number of aliphatic hydroxyl groups is 1. The van der Waals surface area contributed by atoms with E-state index >= 15 is 0 Å². The van der Waals surface area contributed by atoms with Gasteiger partial charge in [0.05, 0.1) is 23.2 Å². The first-order chi connectivity index (χ1) is 13.9. The second-order valence-corrected chi connectivity index (χ2v) is 10.5. The molecule has 3 fully saturated rings. The molecular formula is C21H34N2O5S. The number of fused-ring (bicyclic) bond motifs is 1. The van der Waals surface area contributed by atoms with Crippen molar-refractivity contribution in [3.63, 3.8) is 0 Å². The van der Waals surface area contributed by atoms with E-state index in [-0.39, 0.29) is 35.7 Å². The van der Waals surface area contributed by atoms with Gasteiger partial charge >= 0.3 is 5.97 Å². The van der Waals surface area contributed by atoms with Crippen molar-refractivity contribution in [1.82, 2.24) is 10.2 Å². The third-order valence-corrected chi connectivity index (χ3v) is 8.69. The van der Waals surface area contributed by atoms with Gasteiger partial charge in [-0.25, -0.2) is 0 Å². The molecule has 0 aliphatic carbocycles. The Morgan fingerprint density at radius 1 is 1.28 bits per heavy atom. The third-order valence-electron chi connectivity index (χ3n) is 6.70. The monoisotopic (exact) mass is 426 g/mol. The average Bonchev–Trinajstić information content (AvgIpc) is 3.24. The molecule has 3 heterocycles. The molecule has 1 spiro atoms. The summed E-state index contributed by atoms with van der Waals surface area (Å²) in [5.41, 5.74) is 0.